The van der Waals surface area contributed by atoms with E-state index in [2.05, 4.69) is 10.6 Å². The standard InChI is InChI=1S/C18H19N3O4S/c19-15(23)14-11-7-4-8-13(11)26-18(14)21-17(25)16(24)20-9-12(22)10-5-2-1-3-6-10/h1-3,5-6,12,22H,4,7-9H2,(H2,19,23)(H,20,24)(H,21,25)/t12-/m1/s1. The van der Waals surface area contributed by atoms with E-state index in [1.165, 1.54) is 11.3 Å². The Bertz CT molecular complexity index is 848. The molecule has 1 aliphatic rings. The summed E-state index contributed by atoms with van der Waals surface area (Å²) in [4.78, 5) is 36.8. The third kappa shape index (κ3) is 3.76. The summed E-state index contributed by atoms with van der Waals surface area (Å²) in [5.41, 5.74) is 7.24. The zero-order chi connectivity index (χ0) is 18.7. The van der Waals surface area contributed by atoms with Crippen LogP contribution in [-0.4, -0.2) is 29.4 Å². The fourth-order valence-electron chi connectivity index (χ4n) is 2.98. The topological polar surface area (TPSA) is 122 Å². The number of aliphatic hydroxyl groups excluding tert-OH is 1. The van der Waals surface area contributed by atoms with Crippen LogP contribution >= 0.6 is 11.3 Å². The first-order valence-electron chi connectivity index (χ1n) is 8.24. The van der Waals surface area contributed by atoms with Crippen LogP contribution in [-0.2, 0) is 22.4 Å². The number of rotatable bonds is 5. The second kappa shape index (κ2) is 7.67. The molecule has 0 fully saturated rings. The first-order chi connectivity index (χ1) is 12.5. The second-order valence-electron chi connectivity index (χ2n) is 6.02. The molecular weight excluding hydrogens is 354 g/mol. The van der Waals surface area contributed by atoms with E-state index in [-0.39, 0.29) is 6.54 Å². The number of thiophene rings is 1. The molecule has 0 aliphatic heterocycles. The van der Waals surface area contributed by atoms with E-state index in [0.29, 0.717) is 16.1 Å². The Balaban J connectivity index is 1.62. The van der Waals surface area contributed by atoms with Crippen molar-refractivity contribution in [3.8, 4) is 0 Å². The molecule has 136 valence electrons. The van der Waals surface area contributed by atoms with Gasteiger partial charge in [-0.05, 0) is 30.4 Å². The van der Waals surface area contributed by atoms with Gasteiger partial charge in [-0.15, -0.1) is 11.3 Å². The maximum atomic E-state index is 12.1. The van der Waals surface area contributed by atoms with Crippen LogP contribution in [0.1, 0.15) is 38.9 Å². The number of nitrogens with two attached hydrogens (primary N) is 1. The van der Waals surface area contributed by atoms with E-state index in [4.69, 9.17) is 5.73 Å². The number of aliphatic hydroxyl groups is 1. The van der Waals surface area contributed by atoms with Crippen molar-refractivity contribution < 1.29 is 19.5 Å². The summed E-state index contributed by atoms with van der Waals surface area (Å²) in [7, 11) is 0. The van der Waals surface area contributed by atoms with Crippen LogP contribution in [0, 0.1) is 0 Å². The van der Waals surface area contributed by atoms with Crippen LogP contribution in [0.4, 0.5) is 5.00 Å². The van der Waals surface area contributed by atoms with Crippen LogP contribution in [0.15, 0.2) is 30.3 Å². The van der Waals surface area contributed by atoms with E-state index in [9.17, 15) is 19.5 Å². The summed E-state index contributed by atoms with van der Waals surface area (Å²) in [6.07, 6.45) is 1.62. The zero-order valence-electron chi connectivity index (χ0n) is 14.0. The Morgan fingerprint density at radius 1 is 1.15 bits per heavy atom. The number of primary amides is 1. The molecule has 1 heterocycles. The van der Waals surface area contributed by atoms with Crippen LogP contribution in [0.2, 0.25) is 0 Å². The third-order valence-electron chi connectivity index (χ3n) is 4.24. The van der Waals surface area contributed by atoms with Gasteiger partial charge in [0, 0.05) is 11.4 Å². The molecule has 0 spiro atoms. The molecule has 0 radical (unpaired) electrons. The Morgan fingerprint density at radius 3 is 2.58 bits per heavy atom. The number of hydrogen-bond donors (Lipinski definition) is 4. The number of carbonyl (C=O) groups is 3. The Labute approximate surface area is 154 Å². The Morgan fingerprint density at radius 2 is 1.88 bits per heavy atom. The lowest BCUT2D eigenvalue weighted by Gasteiger charge is -2.12. The molecule has 7 nitrogen and oxygen atoms in total. The number of aryl methyl sites for hydroxylation is 1. The number of anilines is 1. The molecule has 1 aromatic carbocycles. The predicted octanol–water partition coefficient (Wildman–Crippen LogP) is 1.12. The van der Waals surface area contributed by atoms with Crippen LogP contribution in [0.5, 0.6) is 0 Å². The monoisotopic (exact) mass is 373 g/mol. The van der Waals surface area contributed by atoms with E-state index in [1.807, 2.05) is 6.07 Å². The molecule has 8 heteroatoms. The molecule has 0 bridgehead atoms. The largest absolute Gasteiger partial charge is 0.387 e. The van der Waals surface area contributed by atoms with Crippen molar-refractivity contribution in [2.75, 3.05) is 11.9 Å². The SMILES string of the molecule is NC(=O)c1c(NC(=O)C(=O)NC[C@@H](O)c2ccccc2)sc2c1CCC2. The Hall–Kier alpha value is -2.71. The predicted molar refractivity (Wildman–Crippen MR) is 97.9 cm³/mol. The van der Waals surface area contributed by atoms with Crippen molar-refractivity contribution in [3.63, 3.8) is 0 Å². The summed E-state index contributed by atoms with van der Waals surface area (Å²) in [6, 6.07) is 8.81. The van der Waals surface area contributed by atoms with Gasteiger partial charge in [0.15, 0.2) is 0 Å². The highest BCUT2D eigenvalue weighted by molar-refractivity contribution is 7.17. The average Bonchev–Trinajstić information content (AvgIpc) is 3.20. The van der Waals surface area contributed by atoms with Gasteiger partial charge in [-0.1, -0.05) is 30.3 Å². The first-order valence-corrected chi connectivity index (χ1v) is 9.05. The van der Waals surface area contributed by atoms with E-state index in [1.54, 1.807) is 24.3 Å². The number of fused-ring (bicyclic) bond motifs is 1. The molecular formula is C18H19N3O4S. The van der Waals surface area contributed by atoms with Gasteiger partial charge in [0.1, 0.15) is 5.00 Å². The molecule has 3 rings (SSSR count). The highest BCUT2D eigenvalue weighted by atomic mass is 32.1. The van der Waals surface area contributed by atoms with Crippen molar-refractivity contribution in [1.82, 2.24) is 5.32 Å². The van der Waals surface area contributed by atoms with Crippen LogP contribution in [0.3, 0.4) is 0 Å². The van der Waals surface area contributed by atoms with E-state index < -0.39 is 23.8 Å². The lowest BCUT2D eigenvalue weighted by molar-refractivity contribution is -0.136. The molecule has 0 unspecified atom stereocenters. The normalized spacial score (nSPS) is 13.7. The summed E-state index contributed by atoms with van der Waals surface area (Å²) in [5, 5.41) is 15.2. The molecule has 0 saturated carbocycles. The number of carbonyl (C=O) groups excluding carboxylic acids is 3. The summed E-state index contributed by atoms with van der Waals surface area (Å²) >= 11 is 1.28. The molecule has 1 aliphatic carbocycles. The van der Waals surface area contributed by atoms with E-state index in [0.717, 1.165) is 29.7 Å². The fourth-order valence-corrected chi connectivity index (χ4v) is 4.27. The smallest absolute Gasteiger partial charge is 0.314 e. The van der Waals surface area contributed by atoms with Crippen molar-refractivity contribution in [3.05, 3.63) is 51.9 Å². The third-order valence-corrected chi connectivity index (χ3v) is 5.45. The van der Waals surface area contributed by atoms with Crippen molar-refractivity contribution >= 4 is 34.1 Å². The first kappa shape index (κ1) is 18.1. The molecule has 26 heavy (non-hydrogen) atoms. The minimum Gasteiger partial charge on any atom is -0.387 e. The van der Waals surface area contributed by atoms with Gasteiger partial charge >= 0.3 is 11.8 Å². The lowest BCUT2D eigenvalue weighted by Crippen LogP contribution is -2.37. The van der Waals surface area contributed by atoms with Gasteiger partial charge in [0.25, 0.3) is 5.91 Å². The molecule has 1 aromatic heterocycles. The summed E-state index contributed by atoms with van der Waals surface area (Å²) in [5.74, 6) is -2.39. The van der Waals surface area contributed by atoms with Gasteiger partial charge in [-0.3, -0.25) is 14.4 Å². The summed E-state index contributed by atoms with van der Waals surface area (Å²) < 4.78 is 0. The van der Waals surface area contributed by atoms with Crippen molar-refractivity contribution in [1.29, 1.82) is 0 Å². The number of amides is 3. The van der Waals surface area contributed by atoms with Gasteiger partial charge in [-0.2, -0.15) is 0 Å². The minimum atomic E-state index is -0.917. The number of nitrogens with one attached hydrogen (secondary N) is 2. The van der Waals surface area contributed by atoms with E-state index >= 15 is 0 Å². The number of benzene rings is 1. The fraction of sp³-hybridized carbons (Fsp3) is 0.278. The second-order valence-corrected chi connectivity index (χ2v) is 7.12. The minimum absolute atomic E-state index is 0.0973. The quantitative estimate of drug-likeness (QED) is 0.587. The van der Waals surface area contributed by atoms with Gasteiger partial charge in [0.2, 0.25) is 0 Å². The Kier molecular flexibility index (Phi) is 5.34. The van der Waals surface area contributed by atoms with Gasteiger partial charge in [0.05, 0.1) is 11.7 Å². The highest BCUT2D eigenvalue weighted by Crippen LogP contribution is 2.38. The van der Waals surface area contributed by atoms with Gasteiger partial charge < -0.3 is 21.5 Å². The maximum Gasteiger partial charge on any atom is 0.314 e. The van der Waals surface area contributed by atoms with Crippen LogP contribution < -0.4 is 16.4 Å². The molecule has 2 aromatic rings. The number of hydrogen-bond acceptors (Lipinski definition) is 5. The maximum absolute atomic E-state index is 12.1. The molecule has 3 amide bonds. The van der Waals surface area contributed by atoms with Crippen LogP contribution in [0.25, 0.3) is 0 Å². The average molecular weight is 373 g/mol. The van der Waals surface area contributed by atoms with Crippen molar-refractivity contribution in [2.45, 2.75) is 25.4 Å². The van der Waals surface area contributed by atoms with Crippen molar-refractivity contribution in [2.24, 2.45) is 5.73 Å². The molecule has 1 atom stereocenters. The highest BCUT2D eigenvalue weighted by Gasteiger charge is 2.27. The zero-order valence-corrected chi connectivity index (χ0v) is 14.8. The summed E-state index contributed by atoms with van der Waals surface area (Å²) in [6.45, 7) is -0.0973. The molecule has 0 saturated heterocycles. The van der Waals surface area contributed by atoms with Gasteiger partial charge in [-0.25, -0.2) is 0 Å². The lowest BCUT2D eigenvalue weighted by atomic mass is 10.1. The molecule has 5 N–H and O–H groups in total.